The summed E-state index contributed by atoms with van der Waals surface area (Å²) in [6.07, 6.45) is 1.36. The number of imidazole rings is 1. The second-order valence-electron chi connectivity index (χ2n) is 5.87. The van der Waals surface area contributed by atoms with Gasteiger partial charge in [-0.2, -0.15) is 5.10 Å². The van der Waals surface area contributed by atoms with E-state index in [9.17, 15) is 9.90 Å². The summed E-state index contributed by atoms with van der Waals surface area (Å²) in [6, 6.07) is 5.22. The molecular weight excluding hydrogens is 349 g/mol. The molecule has 3 aromatic rings. The monoisotopic (exact) mass is 363 g/mol. The van der Waals surface area contributed by atoms with Crippen LogP contribution in [0.2, 0.25) is 10.0 Å². The van der Waals surface area contributed by atoms with Crippen molar-refractivity contribution in [2.75, 3.05) is 0 Å². The lowest BCUT2D eigenvalue weighted by molar-refractivity contribution is 0.0694. The fourth-order valence-corrected chi connectivity index (χ4v) is 3.40. The summed E-state index contributed by atoms with van der Waals surface area (Å²) in [5.74, 6) is -1.03. The van der Waals surface area contributed by atoms with Crippen LogP contribution in [-0.4, -0.2) is 25.7 Å². The largest absolute Gasteiger partial charge is 0.478 e. The predicted molar refractivity (Wildman–Crippen MR) is 94.2 cm³/mol. The van der Waals surface area contributed by atoms with Gasteiger partial charge in [-0.3, -0.25) is 0 Å². The number of rotatable bonds is 3. The zero-order chi connectivity index (χ0) is 17.6. The lowest BCUT2D eigenvalue weighted by Gasteiger charge is -2.11. The van der Waals surface area contributed by atoms with E-state index in [1.807, 2.05) is 20.8 Å². The SMILES string of the molecule is Cc1nc2c(C(C)C)c(C(=O)O)cnn2c1-c1cc(Cl)cc(Cl)c1. The van der Waals surface area contributed by atoms with Gasteiger partial charge in [-0.15, -0.1) is 0 Å². The number of aromatic carboxylic acids is 1. The van der Waals surface area contributed by atoms with E-state index in [2.05, 4.69) is 10.1 Å². The Hall–Kier alpha value is -2.11. The molecular formula is C17H15Cl2N3O2. The van der Waals surface area contributed by atoms with Gasteiger partial charge in [-0.1, -0.05) is 37.0 Å². The molecule has 0 amide bonds. The maximum Gasteiger partial charge on any atom is 0.337 e. The number of carbonyl (C=O) groups is 1. The van der Waals surface area contributed by atoms with Crippen molar-refractivity contribution in [1.29, 1.82) is 0 Å². The van der Waals surface area contributed by atoms with Gasteiger partial charge < -0.3 is 5.11 Å². The number of hydrogen-bond acceptors (Lipinski definition) is 3. The van der Waals surface area contributed by atoms with Crippen LogP contribution >= 0.6 is 23.2 Å². The van der Waals surface area contributed by atoms with Crippen molar-refractivity contribution in [3.05, 3.63) is 51.3 Å². The highest BCUT2D eigenvalue weighted by Crippen LogP contribution is 2.32. The van der Waals surface area contributed by atoms with Gasteiger partial charge in [0.1, 0.15) is 0 Å². The van der Waals surface area contributed by atoms with Crippen molar-refractivity contribution in [1.82, 2.24) is 14.6 Å². The molecule has 0 saturated carbocycles. The molecule has 0 aliphatic rings. The van der Waals surface area contributed by atoms with Crippen LogP contribution in [-0.2, 0) is 0 Å². The van der Waals surface area contributed by atoms with Crippen LogP contribution in [0.15, 0.2) is 24.4 Å². The molecule has 1 N–H and O–H groups in total. The molecule has 1 aromatic carbocycles. The van der Waals surface area contributed by atoms with Crippen LogP contribution in [0.1, 0.15) is 41.4 Å². The molecule has 0 fully saturated rings. The summed E-state index contributed by atoms with van der Waals surface area (Å²) in [7, 11) is 0. The lowest BCUT2D eigenvalue weighted by Crippen LogP contribution is -2.09. The van der Waals surface area contributed by atoms with Gasteiger partial charge >= 0.3 is 5.97 Å². The van der Waals surface area contributed by atoms with Gasteiger partial charge in [0.15, 0.2) is 5.65 Å². The van der Waals surface area contributed by atoms with Gasteiger partial charge in [0.05, 0.1) is 23.1 Å². The second kappa shape index (κ2) is 6.07. The average molecular weight is 364 g/mol. The molecule has 0 aliphatic heterocycles. The molecule has 0 spiro atoms. The maximum atomic E-state index is 11.5. The Kier molecular flexibility index (Phi) is 4.24. The number of halogens is 2. The van der Waals surface area contributed by atoms with Crippen molar-refractivity contribution in [3.63, 3.8) is 0 Å². The van der Waals surface area contributed by atoms with Crippen molar-refractivity contribution in [2.24, 2.45) is 0 Å². The quantitative estimate of drug-likeness (QED) is 0.723. The number of hydrogen-bond donors (Lipinski definition) is 1. The van der Waals surface area contributed by atoms with E-state index in [4.69, 9.17) is 23.2 Å². The first kappa shape index (κ1) is 16.7. The average Bonchev–Trinajstić information content (AvgIpc) is 2.80. The van der Waals surface area contributed by atoms with Crippen LogP contribution in [0.25, 0.3) is 16.9 Å². The van der Waals surface area contributed by atoms with Gasteiger partial charge in [0, 0.05) is 21.2 Å². The minimum absolute atomic E-state index is 0.0146. The second-order valence-corrected chi connectivity index (χ2v) is 6.74. The minimum Gasteiger partial charge on any atom is -0.478 e. The van der Waals surface area contributed by atoms with Gasteiger partial charge in [0.2, 0.25) is 0 Å². The predicted octanol–water partition coefficient (Wildman–Crippen LogP) is 4.83. The number of fused-ring (bicyclic) bond motifs is 1. The Morgan fingerprint density at radius 1 is 1.21 bits per heavy atom. The fraction of sp³-hybridized carbons (Fsp3) is 0.235. The topological polar surface area (TPSA) is 67.5 Å². The third-order valence-corrected chi connectivity index (χ3v) is 4.24. The van der Waals surface area contributed by atoms with Gasteiger partial charge in [-0.05, 0) is 31.0 Å². The van der Waals surface area contributed by atoms with E-state index >= 15 is 0 Å². The molecule has 0 bridgehead atoms. The van der Waals surface area contributed by atoms with E-state index < -0.39 is 5.97 Å². The zero-order valence-electron chi connectivity index (χ0n) is 13.3. The van der Waals surface area contributed by atoms with E-state index in [1.54, 1.807) is 22.7 Å². The van der Waals surface area contributed by atoms with Crippen LogP contribution in [0.5, 0.6) is 0 Å². The Morgan fingerprint density at radius 2 is 1.83 bits per heavy atom. The molecule has 2 heterocycles. The third-order valence-electron chi connectivity index (χ3n) is 3.81. The van der Waals surface area contributed by atoms with E-state index in [0.29, 0.717) is 21.3 Å². The highest BCUT2D eigenvalue weighted by molar-refractivity contribution is 6.35. The number of nitrogens with zero attached hydrogens (tertiary/aromatic N) is 3. The number of carboxylic acid groups (broad SMARTS) is 1. The maximum absolute atomic E-state index is 11.5. The van der Waals surface area contributed by atoms with Crippen molar-refractivity contribution in [2.45, 2.75) is 26.7 Å². The Morgan fingerprint density at radius 3 is 2.38 bits per heavy atom. The standard InChI is InChI=1S/C17H15Cl2N3O2/c1-8(2)14-13(17(23)24)7-20-22-15(9(3)21-16(14)22)10-4-11(18)6-12(19)5-10/h4-8H,1-3H3,(H,23,24). The van der Waals surface area contributed by atoms with Gasteiger partial charge in [-0.25, -0.2) is 14.3 Å². The molecule has 3 rings (SSSR count). The van der Waals surface area contributed by atoms with Crippen LogP contribution in [0, 0.1) is 6.92 Å². The van der Waals surface area contributed by atoms with Crippen LogP contribution in [0.3, 0.4) is 0 Å². The Balaban J connectivity index is 2.38. The first-order valence-corrected chi connectivity index (χ1v) is 8.13. The lowest BCUT2D eigenvalue weighted by atomic mass is 10.00. The zero-order valence-corrected chi connectivity index (χ0v) is 14.9. The van der Waals surface area contributed by atoms with E-state index in [1.165, 1.54) is 6.20 Å². The Bertz CT molecular complexity index is 944. The van der Waals surface area contributed by atoms with Crippen LogP contribution < -0.4 is 0 Å². The normalized spacial score (nSPS) is 11.4. The summed E-state index contributed by atoms with van der Waals surface area (Å²) >= 11 is 12.2. The summed E-state index contributed by atoms with van der Waals surface area (Å²) in [5, 5.41) is 14.7. The van der Waals surface area contributed by atoms with Crippen LogP contribution in [0.4, 0.5) is 0 Å². The summed E-state index contributed by atoms with van der Waals surface area (Å²) in [6.45, 7) is 5.72. The molecule has 0 aliphatic carbocycles. The summed E-state index contributed by atoms with van der Waals surface area (Å²) in [5.41, 5.74) is 3.60. The first-order valence-electron chi connectivity index (χ1n) is 7.37. The summed E-state index contributed by atoms with van der Waals surface area (Å²) < 4.78 is 1.65. The first-order chi connectivity index (χ1) is 11.3. The minimum atomic E-state index is -1.01. The molecule has 7 heteroatoms. The van der Waals surface area contributed by atoms with Crippen molar-refractivity contribution >= 4 is 34.8 Å². The number of benzene rings is 1. The molecule has 0 atom stereocenters. The molecule has 2 aromatic heterocycles. The molecule has 0 unspecified atom stereocenters. The Labute approximate surface area is 148 Å². The highest BCUT2D eigenvalue weighted by atomic mass is 35.5. The number of aromatic nitrogens is 3. The number of aryl methyl sites for hydroxylation is 1. The molecule has 5 nitrogen and oxygen atoms in total. The van der Waals surface area contributed by atoms with E-state index in [0.717, 1.165) is 17.0 Å². The number of carboxylic acids is 1. The molecule has 0 saturated heterocycles. The highest BCUT2D eigenvalue weighted by Gasteiger charge is 2.22. The fourth-order valence-electron chi connectivity index (χ4n) is 2.87. The molecule has 24 heavy (non-hydrogen) atoms. The smallest absolute Gasteiger partial charge is 0.337 e. The third kappa shape index (κ3) is 2.74. The molecule has 0 radical (unpaired) electrons. The van der Waals surface area contributed by atoms with E-state index in [-0.39, 0.29) is 11.5 Å². The van der Waals surface area contributed by atoms with Crippen molar-refractivity contribution in [3.8, 4) is 11.3 Å². The van der Waals surface area contributed by atoms with Gasteiger partial charge in [0.25, 0.3) is 0 Å². The molecule has 124 valence electrons. The van der Waals surface area contributed by atoms with Crippen molar-refractivity contribution < 1.29 is 9.90 Å². The summed E-state index contributed by atoms with van der Waals surface area (Å²) in [4.78, 5) is 16.1.